The summed E-state index contributed by atoms with van der Waals surface area (Å²) in [6.07, 6.45) is -3.99. The van der Waals surface area contributed by atoms with Gasteiger partial charge in [0.2, 0.25) is 0 Å². The minimum absolute atomic E-state index is 0.0223. The van der Waals surface area contributed by atoms with Crippen molar-refractivity contribution in [3.63, 3.8) is 0 Å². The molecule has 1 aliphatic rings. The van der Waals surface area contributed by atoms with E-state index in [0.717, 1.165) is 36.1 Å². The normalized spacial score (nSPS) is 18.1. The van der Waals surface area contributed by atoms with Crippen LogP contribution in [0, 0.1) is 22.7 Å². The first-order valence-corrected chi connectivity index (χ1v) is 14.3. The van der Waals surface area contributed by atoms with Crippen molar-refractivity contribution in [2.75, 3.05) is 13.2 Å². The highest BCUT2D eigenvalue weighted by molar-refractivity contribution is 6.44. The van der Waals surface area contributed by atoms with Crippen molar-refractivity contribution < 1.29 is 23.1 Å². The van der Waals surface area contributed by atoms with Crippen LogP contribution in [0.3, 0.4) is 0 Å². The van der Waals surface area contributed by atoms with E-state index in [1.54, 1.807) is 6.92 Å². The maximum Gasteiger partial charge on any atom is 0.429 e. The first-order chi connectivity index (χ1) is 20.5. The van der Waals surface area contributed by atoms with E-state index in [9.17, 15) is 28.3 Å². The second-order valence-electron chi connectivity index (χ2n) is 11.0. The average Bonchev–Trinajstić information content (AvgIpc) is 3.48. The number of rotatable bonds is 11. The number of benzene rings is 3. The lowest BCUT2D eigenvalue weighted by atomic mass is 9.82. The van der Waals surface area contributed by atoms with E-state index >= 15 is 0 Å². The molecule has 4 rings (SSSR count). The Morgan fingerprint density at radius 2 is 1.72 bits per heavy atom. The Hall–Kier alpha value is -4.13. The van der Waals surface area contributed by atoms with Gasteiger partial charge in [-0.2, -0.15) is 18.4 Å². The highest BCUT2D eigenvalue weighted by atomic mass is 19.4. The largest absolute Gasteiger partial charge is 0.429 e. The molecule has 0 radical (unpaired) electrons. The number of aliphatic imine (C=N–C) groups is 1. The lowest BCUT2D eigenvalue weighted by Crippen LogP contribution is -2.36. The molecule has 3 aromatic carbocycles. The molecule has 4 unspecified atom stereocenters. The van der Waals surface area contributed by atoms with Gasteiger partial charge >= 0.3 is 6.18 Å². The lowest BCUT2D eigenvalue weighted by Gasteiger charge is -2.33. The molecule has 0 amide bonds. The summed E-state index contributed by atoms with van der Waals surface area (Å²) in [5, 5.41) is 26.8. The smallest absolute Gasteiger partial charge is 0.395 e. The molecule has 1 fully saturated rings. The highest BCUT2D eigenvalue weighted by Crippen LogP contribution is 2.37. The number of likely N-dealkylation sites (tertiary alicyclic amines) is 1. The van der Waals surface area contributed by atoms with Gasteiger partial charge in [0.1, 0.15) is 5.71 Å². The van der Waals surface area contributed by atoms with E-state index < -0.39 is 30.0 Å². The van der Waals surface area contributed by atoms with E-state index in [-0.39, 0.29) is 41.6 Å². The molecule has 0 aromatic heterocycles. The highest BCUT2D eigenvalue weighted by Gasteiger charge is 2.37. The minimum Gasteiger partial charge on any atom is -0.395 e. The van der Waals surface area contributed by atoms with Gasteiger partial charge in [-0.05, 0) is 60.2 Å². The summed E-state index contributed by atoms with van der Waals surface area (Å²) >= 11 is 0. The number of ketones is 1. The summed E-state index contributed by atoms with van der Waals surface area (Å²) in [7, 11) is 0. The zero-order valence-corrected chi connectivity index (χ0v) is 24.2. The monoisotopic (exact) mass is 588 g/mol. The van der Waals surface area contributed by atoms with Crippen LogP contribution >= 0.6 is 0 Å². The summed E-state index contributed by atoms with van der Waals surface area (Å²) in [6, 6.07) is 25.7. The van der Waals surface area contributed by atoms with Crippen molar-refractivity contribution in [2.24, 2.45) is 10.9 Å². The second kappa shape index (κ2) is 13.9. The molecule has 1 aliphatic heterocycles. The Labute approximate surface area is 250 Å². The summed E-state index contributed by atoms with van der Waals surface area (Å²) in [4.78, 5) is 20.2. The molecule has 0 saturated carbocycles. The van der Waals surface area contributed by atoms with Crippen LogP contribution in [0.25, 0.3) is 0 Å². The summed E-state index contributed by atoms with van der Waals surface area (Å²) < 4.78 is 40.0. The Kier molecular flexibility index (Phi) is 10.3. The first kappa shape index (κ1) is 31.8. The van der Waals surface area contributed by atoms with Gasteiger partial charge in [-0.1, -0.05) is 74.5 Å². The minimum atomic E-state index is -4.90. The number of alkyl halides is 3. The lowest BCUT2D eigenvalue weighted by molar-refractivity contribution is -0.116. The Balaban J connectivity index is 1.67. The number of aliphatic hydroxyl groups is 1. The number of halogens is 3. The van der Waals surface area contributed by atoms with Crippen LogP contribution < -0.4 is 0 Å². The van der Waals surface area contributed by atoms with E-state index in [1.165, 1.54) is 24.3 Å². The van der Waals surface area contributed by atoms with Gasteiger partial charge in [0.25, 0.3) is 0 Å². The Morgan fingerprint density at radius 3 is 2.40 bits per heavy atom. The molecule has 43 heavy (non-hydrogen) atoms. The van der Waals surface area contributed by atoms with Gasteiger partial charge < -0.3 is 10.5 Å². The van der Waals surface area contributed by atoms with E-state index in [1.807, 2.05) is 55.5 Å². The SMILES string of the molecule is CC(C(=O)C(CC(=N)C(F)(F)F)=Nc1cccc(C#N)c1)C(C)c1cccc(C(c2ccccc2)N2CCCC2CO)c1. The fraction of sp³-hybridized carbons (Fsp3) is 0.353. The van der Waals surface area contributed by atoms with Crippen LogP contribution in [-0.2, 0) is 4.79 Å². The van der Waals surface area contributed by atoms with E-state index in [2.05, 4.69) is 22.0 Å². The fourth-order valence-corrected chi connectivity index (χ4v) is 5.65. The fourth-order valence-electron chi connectivity index (χ4n) is 5.65. The van der Waals surface area contributed by atoms with Crippen LogP contribution in [0.2, 0.25) is 0 Å². The van der Waals surface area contributed by atoms with Crippen LogP contribution in [0.1, 0.15) is 67.3 Å². The second-order valence-corrected chi connectivity index (χ2v) is 11.0. The Morgan fingerprint density at radius 1 is 1.05 bits per heavy atom. The average molecular weight is 589 g/mol. The molecule has 2 N–H and O–H groups in total. The maximum absolute atomic E-state index is 13.7. The molecule has 9 heteroatoms. The standard InChI is InChI=1S/C34H35F3N4O2/c1-22(23(2)33(43)30(19-31(39)34(35,36)37)40-28-14-6-9-24(17-28)20-38)26-12-7-13-27(18-26)32(25-10-4-3-5-11-25)41-16-8-15-29(41)21-42/h3-7,9-14,17-18,22-23,29,32,39,42H,8,15-16,19,21H2,1-2H3. The number of nitrogens with one attached hydrogen (secondary N) is 1. The predicted octanol–water partition coefficient (Wildman–Crippen LogP) is 7.16. The van der Waals surface area contributed by atoms with Crippen LogP contribution in [0.4, 0.5) is 18.9 Å². The van der Waals surface area contributed by atoms with Crippen molar-refractivity contribution in [2.45, 2.75) is 57.3 Å². The van der Waals surface area contributed by atoms with Crippen molar-refractivity contribution in [1.82, 2.24) is 4.90 Å². The van der Waals surface area contributed by atoms with Gasteiger partial charge in [0.15, 0.2) is 5.78 Å². The third-order valence-electron chi connectivity index (χ3n) is 8.21. The quantitative estimate of drug-likeness (QED) is 0.232. The number of aliphatic hydroxyl groups excluding tert-OH is 1. The molecule has 3 aromatic rings. The molecule has 1 heterocycles. The van der Waals surface area contributed by atoms with Crippen LogP contribution in [0.15, 0.2) is 83.9 Å². The molecule has 1 saturated heterocycles. The molecule has 0 bridgehead atoms. The maximum atomic E-state index is 13.7. The number of hydrogen-bond acceptors (Lipinski definition) is 6. The summed E-state index contributed by atoms with van der Waals surface area (Å²) in [5.74, 6) is -1.72. The van der Waals surface area contributed by atoms with Gasteiger partial charge in [-0.3, -0.25) is 9.69 Å². The Bertz CT molecular complexity index is 1510. The predicted molar refractivity (Wildman–Crippen MR) is 161 cm³/mol. The zero-order chi connectivity index (χ0) is 31.1. The molecule has 4 atom stereocenters. The summed E-state index contributed by atoms with van der Waals surface area (Å²) in [6.45, 7) is 4.40. The van der Waals surface area contributed by atoms with Crippen molar-refractivity contribution in [1.29, 1.82) is 10.7 Å². The molecule has 6 nitrogen and oxygen atoms in total. The third kappa shape index (κ3) is 7.64. The number of nitriles is 1. The van der Waals surface area contributed by atoms with Crippen molar-refractivity contribution in [3.05, 3.63) is 101 Å². The number of carbonyl (C=O) groups is 1. The first-order valence-electron chi connectivity index (χ1n) is 14.3. The molecule has 224 valence electrons. The van der Waals surface area contributed by atoms with Gasteiger partial charge in [-0.25, -0.2) is 4.99 Å². The van der Waals surface area contributed by atoms with E-state index in [0.29, 0.717) is 0 Å². The van der Waals surface area contributed by atoms with Crippen LogP contribution in [-0.4, -0.2) is 52.6 Å². The van der Waals surface area contributed by atoms with E-state index in [4.69, 9.17) is 5.41 Å². The van der Waals surface area contributed by atoms with Gasteiger partial charge in [0, 0.05) is 18.4 Å². The summed E-state index contributed by atoms with van der Waals surface area (Å²) in [5.41, 5.74) is 1.41. The molecular weight excluding hydrogens is 553 g/mol. The molecule has 0 spiro atoms. The van der Waals surface area contributed by atoms with Gasteiger partial charge in [-0.15, -0.1) is 0 Å². The zero-order valence-electron chi connectivity index (χ0n) is 24.2. The van der Waals surface area contributed by atoms with Crippen molar-refractivity contribution >= 4 is 22.9 Å². The third-order valence-corrected chi connectivity index (χ3v) is 8.21. The van der Waals surface area contributed by atoms with Crippen molar-refractivity contribution in [3.8, 4) is 6.07 Å². The number of nitrogens with zero attached hydrogens (tertiary/aromatic N) is 3. The molecule has 0 aliphatic carbocycles. The topological polar surface area (TPSA) is 101 Å². The number of Topliss-reactive ketones (excluding diaryl/α,β-unsaturated/α-hetero) is 1. The van der Waals surface area contributed by atoms with Gasteiger partial charge in [0.05, 0.1) is 35.7 Å². The van der Waals surface area contributed by atoms with Crippen LogP contribution in [0.5, 0.6) is 0 Å². The number of hydrogen-bond donors (Lipinski definition) is 2. The number of carbonyl (C=O) groups excluding carboxylic acids is 1. The molecular formula is C34H35F3N4O2.